The minimum atomic E-state index is 0.898. The van der Waals surface area contributed by atoms with E-state index < -0.39 is 0 Å². The van der Waals surface area contributed by atoms with Crippen LogP contribution in [-0.4, -0.2) is 18.1 Å². The monoisotopic (exact) mass is 222 g/mol. The first-order valence-electron chi connectivity index (χ1n) is 5.37. The number of hydrogen-bond donors (Lipinski definition) is 1. The zero-order chi connectivity index (χ0) is 10.9. The van der Waals surface area contributed by atoms with Gasteiger partial charge in [0.15, 0.2) is 0 Å². The Morgan fingerprint density at radius 1 is 1.47 bits per heavy atom. The zero-order valence-electron chi connectivity index (χ0n) is 9.25. The lowest BCUT2D eigenvalue weighted by molar-refractivity contribution is 0.630. The maximum absolute atomic E-state index is 5.17. The van der Waals surface area contributed by atoms with Crippen molar-refractivity contribution in [3.63, 3.8) is 0 Å². The summed E-state index contributed by atoms with van der Waals surface area (Å²) in [5.41, 5.74) is 3.09. The number of thiazole rings is 1. The van der Waals surface area contributed by atoms with Crippen LogP contribution in [0.1, 0.15) is 29.8 Å². The number of aromatic nitrogens is 1. The second-order valence-corrected chi connectivity index (χ2v) is 4.46. The molecular formula is C12H18N2S. The highest BCUT2D eigenvalue weighted by atomic mass is 32.1. The van der Waals surface area contributed by atoms with Gasteiger partial charge in [0.2, 0.25) is 0 Å². The third-order valence-electron chi connectivity index (χ3n) is 2.30. The van der Waals surface area contributed by atoms with E-state index in [2.05, 4.69) is 23.1 Å². The van der Waals surface area contributed by atoms with Gasteiger partial charge in [-0.25, -0.2) is 4.98 Å². The lowest BCUT2D eigenvalue weighted by Crippen LogP contribution is -2.18. The molecule has 0 radical (unpaired) electrons. The molecule has 0 aliphatic heterocycles. The summed E-state index contributed by atoms with van der Waals surface area (Å²) < 4.78 is 0. The molecule has 15 heavy (non-hydrogen) atoms. The molecule has 1 rings (SSSR count). The summed E-state index contributed by atoms with van der Waals surface area (Å²) in [5, 5.41) is 3.42. The maximum atomic E-state index is 5.17. The van der Waals surface area contributed by atoms with E-state index in [1.165, 1.54) is 17.0 Å². The SMILES string of the molecule is C#CCCCCNCCc1scnc1C. The minimum absolute atomic E-state index is 0.898. The van der Waals surface area contributed by atoms with Gasteiger partial charge in [0.25, 0.3) is 0 Å². The molecule has 3 heteroatoms. The molecule has 0 unspecified atom stereocenters. The van der Waals surface area contributed by atoms with Crippen molar-refractivity contribution in [1.82, 2.24) is 10.3 Å². The van der Waals surface area contributed by atoms with Gasteiger partial charge in [-0.05, 0) is 32.7 Å². The van der Waals surface area contributed by atoms with Crippen molar-refractivity contribution in [2.45, 2.75) is 32.6 Å². The zero-order valence-corrected chi connectivity index (χ0v) is 10.1. The summed E-state index contributed by atoms with van der Waals surface area (Å²) in [6, 6.07) is 0. The largest absolute Gasteiger partial charge is 0.316 e. The van der Waals surface area contributed by atoms with Crippen molar-refractivity contribution in [2.24, 2.45) is 0 Å². The average molecular weight is 222 g/mol. The summed E-state index contributed by atoms with van der Waals surface area (Å²) in [6.45, 7) is 4.18. The smallest absolute Gasteiger partial charge is 0.0797 e. The normalized spacial score (nSPS) is 10.1. The van der Waals surface area contributed by atoms with Crippen LogP contribution in [-0.2, 0) is 6.42 Å². The van der Waals surface area contributed by atoms with Crippen molar-refractivity contribution >= 4 is 11.3 Å². The Kier molecular flexibility index (Phi) is 6.06. The van der Waals surface area contributed by atoms with Crippen LogP contribution in [0.4, 0.5) is 0 Å². The number of hydrogen-bond acceptors (Lipinski definition) is 3. The number of nitrogens with one attached hydrogen (secondary N) is 1. The van der Waals surface area contributed by atoms with Crippen molar-refractivity contribution in [3.8, 4) is 12.3 Å². The Morgan fingerprint density at radius 3 is 3.00 bits per heavy atom. The third-order valence-corrected chi connectivity index (χ3v) is 3.29. The molecule has 0 atom stereocenters. The van der Waals surface area contributed by atoms with Crippen LogP contribution in [0.5, 0.6) is 0 Å². The van der Waals surface area contributed by atoms with E-state index in [1.807, 2.05) is 5.51 Å². The fraction of sp³-hybridized carbons (Fsp3) is 0.583. The molecule has 1 N–H and O–H groups in total. The molecule has 1 aromatic heterocycles. The molecule has 0 bridgehead atoms. The Morgan fingerprint density at radius 2 is 2.33 bits per heavy atom. The molecule has 0 aliphatic rings. The highest BCUT2D eigenvalue weighted by Crippen LogP contribution is 2.11. The van der Waals surface area contributed by atoms with Crippen molar-refractivity contribution in [2.75, 3.05) is 13.1 Å². The van der Waals surface area contributed by atoms with Crippen LogP contribution in [0.2, 0.25) is 0 Å². The van der Waals surface area contributed by atoms with Crippen molar-refractivity contribution in [1.29, 1.82) is 0 Å². The first kappa shape index (κ1) is 12.2. The van der Waals surface area contributed by atoms with E-state index in [1.54, 1.807) is 11.3 Å². The lowest BCUT2D eigenvalue weighted by Gasteiger charge is -2.02. The van der Waals surface area contributed by atoms with Gasteiger partial charge in [0.05, 0.1) is 11.2 Å². The molecule has 0 saturated heterocycles. The van der Waals surface area contributed by atoms with Crippen LogP contribution in [0.3, 0.4) is 0 Å². The molecule has 82 valence electrons. The quantitative estimate of drug-likeness (QED) is 0.566. The average Bonchev–Trinajstić information content (AvgIpc) is 2.63. The Bertz CT molecular complexity index is 312. The molecule has 0 aromatic carbocycles. The van der Waals surface area contributed by atoms with E-state index in [4.69, 9.17) is 6.42 Å². The van der Waals surface area contributed by atoms with Gasteiger partial charge in [-0.3, -0.25) is 0 Å². The number of nitrogens with zero attached hydrogens (tertiary/aromatic N) is 1. The molecule has 1 aromatic rings. The van der Waals surface area contributed by atoms with E-state index in [0.29, 0.717) is 0 Å². The third kappa shape index (κ3) is 4.96. The highest BCUT2D eigenvalue weighted by molar-refractivity contribution is 7.09. The summed E-state index contributed by atoms with van der Waals surface area (Å²) in [4.78, 5) is 5.62. The molecule has 0 saturated carbocycles. The standard InChI is InChI=1S/C12H18N2S/c1-3-4-5-6-8-13-9-7-12-11(2)14-10-15-12/h1,10,13H,4-9H2,2H3. The predicted octanol–water partition coefficient (Wildman–Crippen LogP) is 2.39. The summed E-state index contributed by atoms with van der Waals surface area (Å²) in [5.74, 6) is 2.65. The lowest BCUT2D eigenvalue weighted by atomic mass is 10.2. The van der Waals surface area contributed by atoms with Crippen LogP contribution >= 0.6 is 11.3 Å². The van der Waals surface area contributed by atoms with E-state index >= 15 is 0 Å². The number of rotatable bonds is 7. The van der Waals surface area contributed by atoms with Crippen LogP contribution in [0, 0.1) is 19.3 Å². The predicted molar refractivity (Wildman–Crippen MR) is 66.1 cm³/mol. The van der Waals surface area contributed by atoms with Crippen molar-refractivity contribution < 1.29 is 0 Å². The van der Waals surface area contributed by atoms with Gasteiger partial charge in [-0.1, -0.05) is 0 Å². The highest BCUT2D eigenvalue weighted by Gasteiger charge is 1.99. The Hall–Kier alpha value is -0.850. The number of unbranched alkanes of at least 4 members (excludes halogenated alkanes) is 2. The summed E-state index contributed by atoms with van der Waals surface area (Å²) >= 11 is 1.74. The van der Waals surface area contributed by atoms with Crippen LogP contribution in [0.25, 0.3) is 0 Å². The van der Waals surface area contributed by atoms with Gasteiger partial charge >= 0.3 is 0 Å². The summed E-state index contributed by atoms with van der Waals surface area (Å²) in [7, 11) is 0. The van der Waals surface area contributed by atoms with Crippen molar-refractivity contribution in [3.05, 3.63) is 16.1 Å². The van der Waals surface area contributed by atoms with Gasteiger partial charge in [-0.15, -0.1) is 23.7 Å². The second-order valence-electron chi connectivity index (χ2n) is 3.52. The molecule has 2 nitrogen and oxygen atoms in total. The number of aryl methyl sites for hydroxylation is 1. The Labute approximate surface area is 96.1 Å². The molecule has 0 aliphatic carbocycles. The molecule has 0 amide bonds. The maximum Gasteiger partial charge on any atom is 0.0797 e. The summed E-state index contributed by atoms with van der Waals surface area (Å²) in [6.07, 6.45) is 9.46. The number of terminal acetylenes is 1. The molecule has 1 heterocycles. The van der Waals surface area contributed by atoms with Crippen LogP contribution in [0.15, 0.2) is 5.51 Å². The second kappa shape index (κ2) is 7.44. The van der Waals surface area contributed by atoms with Gasteiger partial charge in [0, 0.05) is 17.8 Å². The van der Waals surface area contributed by atoms with E-state index in [0.717, 1.165) is 32.4 Å². The van der Waals surface area contributed by atoms with E-state index in [9.17, 15) is 0 Å². The van der Waals surface area contributed by atoms with E-state index in [-0.39, 0.29) is 0 Å². The molecule has 0 fully saturated rings. The fourth-order valence-corrected chi connectivity index (χ4v) is 2.15. The van der Waals surface area contributed by atoms with Crippen LogP contribution < -0.4 is 5.32 Å². The Balaban J connectivity index is 1.98. The van der Waals surface area contributed by atoms with Gasteiger partial charge in [-0.2, -0.15) is 0 Å². The first-order chi connectivity index (χ1) is 7.34. The minimum Gasteiger partial charge on any atom is -0.316 e. The topological polar surface area (TPSA) is 24.9 Å². The van der Waals surface area contributed by atoms with Gasteiger partial charge < -0.3 is 5.32 Å². The van der Waals surface area contributed by atoms with Gasteiger partial charge in [0.1, 0.15) is 0 Å². The molecular weight excluding hydrogens is 204 g/mol. The molecule has 0 spiro atoms. The first-order valence-corrected chi connectivity index (χ1v) is 6.25. The fourth-order valence-electron chi connectivity index (χ4n) is 1.37.